The third kappa shape index (κ3) is 4.22. The van der Waals surface area contributed by atoms with Gasteiger partial charge in [0.1, 0.15) is 11.6 Å². The highest BCUT2D eigenvalue weighted by Gasteiger charge is 2.17. The van der Waals surface area contributed by atoms with E-state index in [0.29, 0.717) is 29.1 Å². The summed E-state index contributed by atoms with van der Waals surface area (Å²) in [5.74, 6) is 0.972. The number of benzene rings is 1. The summed E-state index contributed by atoms with van der Waals surface area (Å²) in [5.41, 5.74) is 3.02. The van der Waals surface area contributed by atoms with E-state index in [0.717, 1.165) is 24.1 Å². The first-order valence-electron chi connectivity index (χ1n) is 9.26. The minimum Gasteiger partial charge on any atom is -0.351 e. The summed E-state index contributed by atoms with van der Waals surface area (Å²) >= 11 is 0. The monoisotopic (exact) mass is 363 g/mol. The first kappa shape index (κ1) is 17.4. The molecule has 3 aromatic rings. The lowest BCUT2D eigenvalue weighted by atomic mass is 10.2. The molecule has 6 heteroatoms. The number of nitrogens with one attached hydrogen (secondary N) is 2. The second kappa shape index (κ2) is 7.70. The number of aryl methyl sites for hydroxylation is 1. The number of nitrogens with zero attached hydrogens (tertiary/aromatic N) is 3. The van der Waals surface area contributed by atoms with Gasteiger partial charge in [-0.3, -0.25) is 4.98 Å². The lowest BCUT2D eigenvalue weighted by Crippen LogP contribution is -2.17. The molecule has 2 aromatic heterocycles. The lowest BCUT2D eigenvalue weighted by molar-refractivity contribution is 0.619. The van der Waals surface area contributed by atoms with Crippen LogP contribution in [0.3, 0.4) is 0 Å². The number of hydrogen-bond acceptors (Lipinski definition) is 5. The Hall–Kier alpha value is -3.02. The fourth-order valence-corrected chi connectivity index (χ4v) is 3.32. The van der Waals surface area contributed by atoms with Crippen molar-refractivity contribution < 1.29 is 4.39 Å². The van der Waals surface area contributed by atoms with Crippen LogP contribution in [0.5, 0.6) is 0 Å². The SMILES string of the molecule is Cc1ccc(Nc2cc(-c3ccncc3)nc(NC3CCCC3)n2)cc1F. The van der Waals surface area contributed by atoms with E-state index in [1.54, 1.807) is 25.4 Å². The number of halogens is 1. The number of hydrogen-bond donors (Lipinski definition) is 2. The molecule has 0 amide bonds. The Morgan fingerprint density at radius 3 is 2.52 bits per heavy atom. The van der Waals surface area contributed by atoms with Gasteiger partial charge < -0.3 is 10.6 Å². The minimum atomic E-state index is -0.243. The van der Waals surface area contributed by atoms with Crippen molar-refractivity contribution in [3.63, 3.8) is 0 Å². The summed E-state index contributed by atoms with van der Waals surface area (Å²) in [5, 5.41) is 6.65. The molecule has 2 heterocycles. The Balaban J connectivity index is 1.67. The maximum atomic E-state index is 13.9. The molecular formula is C21H22FN5. The van der Waals surface area contributed by atoms with Gasteiger partial charge in [0.2, 0.25) is 5.95 Å². The average Bonchev–Trinajstić information content (AvgIpc) is 3.18. The van der Waals surface area contributed by atoms with Gasteiger partial charge in [0.25, 0.3) is 0 Å². The van der Waals surface area contributed by atoms with E-state index in [1.807, 2.05) is 24.3 Å². The van der Waals surface area contributed by atoms with Crippen LogP contribution < -0.4 is 10.6 Å². The van der Waals surface area contributed by atoms with E-state index in [4.69, 9.17) is 0 Å². The molecule has 0 saturated heterocycles. The van der Waals surface area contributed by atoms with Gasteiger partial charge in [-0.1, -0.05) is 18.9 Å². The van der Waals surface area contributed by atoms with Gasteiger partial charge in [0.15, 0.2) is 0 Å². The Labute approximate surface area is 158 Å². The van der Waals surface area contributed by atoms with Gasteiger partial charge in [-0.2, -0.15) is 4.98 Å². The molecule has 2 N–H and O–H groups in total. The van der Waals surface area contributed by atoms with Gasteiger partial charge in [0.05, 0.1) is 5.69 Å². The van der Waals surface area contributed by atoms with Crippen molar-refractivity contribution >= 4 is 17.5 Å². The summed E-state index contributed by atoms with van der Waals surface area (Å²) in [7, 11) is 0. The van der Waals surface area contributed by atoms with Gasteiger partial charge >= 0.3 is 0 Å². The molecule has 1 aliphatic rings. The molecule has 0 atom stereocenters. The Morgan fingerprint density at radius 2 is 1.78 bits per heavy atom. The highest BCUT2D eigenvalue weighted by atomic mass is 19.1. The van der Waals surface area contributed by atoms with Crippen LogP contribution in [0.1, 0.15) is 31.2 Å². The molecule has 0 spiro atoms. The van der Waals surface area contributed by atoms with Crippen LogP contribution in [-0.2, 0) is 0 Å². The van der Waals surface area contributed by atoms with E-state index >= 15 is 0 Å². The highest BCUT2D eigenvalue weighted by Crippen LogP contribution is 2.26. The minimum absolute atomic E-state index is 0.243. The molecule has 0 aliphatic heterocycles. The maximum Gasteiger partial charge on any atom is 0.225 e. The fourth-order valence-electron chi connectivity index (χ4n) is 3.32. The lowest BCUT2D eigenvalue weighted by Gasteiger charge is -2.15. The van der Waals surface area contributed by atoms with Crippen molar-refractivity contribution in [2.24, 2.45) is 0 Å². The number of rotatable bonds is 5. The van der Waals surface area contributed by atoms with Crippen molar-refractivity contribution in [1.82, 2.24) is 15.0 Å². The number of anilines is 3. The second-order valence-electron chi connectivity index (χ2n) is 6.91. The topological polar surface area (TPSA) is 62.7 Å². The quantitative estimate of drug-likeness (QED) is 0.661. The molecule has 0 unspecified atom stereocenters. The zero-order valence-electron chi connectivity index (χ0n) is 15.2. The van der Waals surface area contributed by atoms with Crippen LogP contribution in [-0.4, -0.2) is 21.0 Å². The molecule has 1 fully saturated rings. The Kier molecular flexibility index (Phi) is 4.96. The summed E-state index contributed by atoms with van der Waals surface area (Å²) < 4.78 is 13.9. The first-order chi connectivity index (χ1) is 13.2. The summed E-state index contributed by atoms with van der Waals surface area (Å²) in [6.45, 7) is 1.75. The molecule has 27 heavy (non-hydrogen) atoms. The van der Waals surface area contributed by atoms with Crippen molar-refractivity contribution in [3.05, 3.63) is 60.2 Å². The molecule has 1 aromatic carbocycles. The van der Waals surface area contributed by atoms with Crippen LogP contribution in [0.15, 0.2) is 48.8 Å². The standard InChI is InChI=1S/C21H22FN5/c1-14-6-7-17(12-18(14)22)24-20-13-19(15-8-10-23-11-9-15)26-21(27-20)25-16-4-2-3-5-16/h6-13,16H,2-5H2,1H3,(H2,24,25,26,27). The summed E-state index contributed by atoms with van der Waals surface area (Å²) in [6, 6.07) is 11.2. The third-order valence-corrected chi connectivity index (χ3v) is 4.83. The normalized spacial score (nSPS) is 14.3. The largest absolute Gasteiger partial charge is 0.351 e. The van der Waals surface area contributed by atoms with E-state index in [9.17, 15) is 4.39 Å². The van der Waals surface area contributed by atoms with Crippen LogP contribution in [0, 0.1) is 12.7 Å². The average molecular weight is 363 g/mol. The third-order valence-electron chi connectivity index (χ3n) is 4.83. The van der Waals surface area contributed by atoms with Gasteiger partial charge in [0, 0.05) is 35.8 Å². The highest BCUT2D eigenvalue weighted by molar-refractivity contribution is 5.67. The number of pyridine rings is 1. The molecule has 4 rings (SSSR count). The van der Waals surface area contributed by atoms with Gasteiger partial charge in [-0.15, -0.1) is 0 Å². The first-order valence-corrected chi connectivity index (χ1v) is 9.26. The molecular weight excluding hydrogens is 341 g/mol. The molecule has 1 saturated carbocycles. The van der Waals surface area contributed by atoms with Crippen LogP contribution in [0.25, 0.3) is 11.3 Å². The summed E-state index contributed by atoms with van der Waals surface area (Å²) in [6.07, 6.45) is 8.21. The second-order valence-corrected chi connectivity index (χ2v) is 6.91. The molecule has 5 nitrogen and oxygen atoms in total. The van der Waals surface area contributed by atoms with Crippen molar-refractivity contribution in [2.45, 2.75) is 38.6 Å². The van der Waals surface area contributed by atoms with Crippen molar-refractivity contribution in [3.8, 4) is 11.3 Å². The van der Waals surface area contributed by atoms with E-state index < -0.39 is 0 Å². The van der Waals surface area contributed by atoms with Crippen molar-refractivity contribution in [2.75, 3.05) is 10.6 Å². The zero-order chi connectivity index (χ0) is 18.6. The zero-order valence-corrected chi connectivity index (χ0v) is 15.2. The van der Waals surface area contributed by atoms with E-state index in [2.05, 4.69) is 25.6 Å². The molecule has 0 bridgehead atoms. The van der Waals surface area contributed by atoms with E-state index in [-0.39, 0.29) is 5.82 Å². The molecule has 1 aliphatic carbocycles. The maximum absolute atomic E-state index is 13.9. The molecule has 0 radical (unpaired) electrons. The van der Waals surface area contributed by atoms with Crippen molar-refractivity contribution in [1.29, 1.82) is 0 Å². The van der Waals surface area contributed by atoms with Crippen LogP contribution in [0.2, 0.25) is 0 Å². The van der Waals surface area contributed by atoms with E-state index in [1.165, 1.54) is 18.9 Å². The predicted octanol–water partition coefficient (Wildman–Crippen LogP) is 5.08. The van der Waals surface area contributed by atoms with Gasteiger partial charge in [-0.25, -0.2) is 9.37 Å². The van der Waals surface area contributed by atoms with Crippen LogP contribution in [0.4, 0.5) is 21.8 Å². The summed E-state index contributed by atoms with van der Waals surface area (Å²) in [4.78, 5) is 13.3. The van der Waals surface area contributed by atoms with Gasteiger partial charge in [-0.05, 0) is 49.6 Å². The number of aromatic nitrogens is 3. The Morgan fingerprint density at radius 1 is 1.00 bits per heavy atom. The Bertz CT molecular complexity index is 923. The van der Waals surface area contributed by atoms with Crippen LogP contribution >= 0.6 is 0 Å². The fraction of sp³-hybridized carbons (Fsp3) is 0.286. The predicted molar refractivity (Wildman–Crippen MR) is 106 cm³/mol. The smallest absolute Gasteiger partial charge is 0.225 e. The molecule has 138 valence electrons.